The fraction of sp³-hybridized carbons (Fsp3) is 0.105. The van der Waals surface area contributed by atoms with Crippen LogP contribution in [0, 0.1) is 22.7 Å². The van der Waals surface area contributed by atoms with Gasteiger partial charge >= 0.3 is 0 Å². The van der Waals surface area contributed by atoms with E-state index in [0.29, 0.717) is 27.8 Å². The summed E-state index contributed by atoms with van der Waals surface area (Å²) in [4.78, 5) is 20.1. The largest absolute Gasteiger partial charge is 0.464 e. The predicted molar refractivity (Wildman–Crippen MR) is 104 cm³/mol. The first kappa shape index (κ1) is 19.0. The van der Waals surface area contributed by atoms with Crippen LogP contribution in [0.3, 0.4) is 0 Å². The molecule has 3 rings (SSSR count). The van der Waals surface area contributed by atoms with Gasteiger partial charge in [0.1, 0.15) is 34.3 Å². The SMILES string of the molecule is N#Cc1c(N)nc(SCCC(=O)Nc2ccncc2)c(C#N)c1-c1ccco1. The lowest BCUT2D eigenvalue weighted by Crippen LogP contribution is -2.12. The van der Waals surface area contributed by atoms with Gasteiger partial charge in [0.25, 0.3) is 0 Å². The predicted octanol–water partition coefficient (Wildman–Crippen LogP) is 3.18. The average molecular weight is 390 g/mol. The lowest BCUT2D eigenvalue weighted by Gasteiger charge is -2.11. The van der Waals surface area contributed by atoms with E-state index in [1.165, 1.54) is 18.0 Å². The number of aromatic nitrogens is 2. The average Bonchev–Trinajstić information content (AvgIpc) is 3.22. The summed E-state index contributed by atoms with van der Waals surface area (Å²) in [6, 6.07) is 10.7. The third kappa shape index (κ3) is 4.11. The van der Waals surface area contributed by atoms with Gasteiger partial charge in [-0.1, -0.05) is 0 Å². The third-order valence-corrected chi connectivity index (χ3v) is 4.69. The smallest absolute Gasteiger partial charge is 0.225 e. The second-order valence-corrected chi connectivity index (χ2v) is 6.59. The molecule has 0 unspecified atom stereocenters. The molecular weight excluding hydrogens is 376 g/mol. The molecular formula is C19H14N6O2S. The van der Waals surface area contributed by atoms with Crippen molar-refractivity contribution in [1.82, 2.24) is 9.97 Å². The van der Waals surface area contributed by atoms with Crippen molar-refractivity contribution in [3.8, 4) is 23.5 Å². The number of hydrogen-bond acceptors (Lipinski definition) is 8. The second kappa shape index (κ2) is 8.71. The van der Waals surface area contributed by atoms with E-state index in [9.17, 15) is 15.3 Å². The Morgan fingerprint density at radius 3 is 2.61 bits per heavy atom. The van der Waals surface area contributed by atoms with Crippen molar-refractivity contribution in [1.29, 1.82) is 10.5 Å². The fourth-order valence-corrected chi connectivity index (χ4v) is 3.40. The van der Waals surface area contributed by atoms with Crippen LogP contribution in [0.1, 0.15) is 17.5 Å². The van der Waals surface area contributed by atoms with Crippen LogP contribution in [0.25, 0.3) is 11.3 Å². The van der Waals surface area contributed by atoms with Crippen LogP contribution >= 0.6 is 11.8 Å². The highest BCUT2D eigenvalue weighted by molar-refractivity contribution is 7.99. The lowest BCUT2D eigenvalue weighted by atomic mass is 10.0. The molecule has 0 atom stereocenters. The maximum Gasteiger partial charge on any atom is 0.225 e. The molecule has 0 spiro atoms. The molecule has 0 bridgehead atoms. The number of nitrogen functional groups attached to an aromatic ring is 1. The molecule has 138 valence electrons. The molecule has 0 fully saturated rings. The van der Waals surface area contributed by atoms with Crippen molar-refractivity contribution in [2.75, 3.05) is 16.8 Å². The van der Waals surface area contributed by atoms with Crippen LogP contribution in [0.4, 0.5) is 11.5 Å². The number of anilines is 2. The quantitative estimate of drug-likeness (QED) is 0.611. The number of nitrogens with zero attached hydrogens (tertiary/aromatic N) is 4. The molecule has 3 aromatic heterocycles. The Morgan fingerprint density at radius 1 is 1.21 bits per heavy atom. The van der Waals surface area contributed by atoms with Crippen molar-refractivity contribution in [2.24, 2.45) is 0 Å². The molecule has 0 radical (unpaired) electrons. The molecule has 8 nitrogen and oxygen atoms in total. The Balaban J connectivity index is 1.78. The van der Waals surface area contributed by atoms with Gasteiger partial charge in [-0.25, -0.2) is 4.98 Å². The van der Waals surface area contributed by atoms with E-state index < -0.39 is 0 Å². The Morgan fingerprint density at radius 2 is 1.96 bits per heavy atom. The molecule has 0 saturated carbocycles. The van der Waals surface area contributed by atoms with Crippen molar-refractivity contribution >= 4 is 29.2 Å². The number of pyridine rings is 2. The number of rotatable bonds is 6. The van der Waals surface area contributed by atoms with Gasteiger partial charge in [0.2, 0.25) is 5.91 Å². The van der Waals surface area contributed by atoms with Crippen molar-refractivity contribution in [3.63, 3.8) is 0 Å². The van der Waals surface area contributed by atoms with E-state index in [4.69, 9.17) is 10.2 Å². The molecule has 3 heterocycles. The highest BCUT2D eigenvalue weighted by Gasteiger charge is 2.22. The number of amides is 1. The number of nitrogens with one attached hydrogen (secondary N) is 1. The number of carbonyl (C=O) groups is 1. The van der Waals surface area contributed by atoms with Gasteiger partial charge in [-0.15, -0.1) is 11.8 Å². The topological polar surface area (TPSA) is 142 Å². The van der Waals surface area contributed by atoms with Gasteiger partial charge in [0.05, 0.1) is 17.4 Å². The number of hydrogen-bond donors (Lipinski definition) is 2. The van der Waals surface area contributed by atoms with Crippen LogP contribution in [-0.4, -0.2) is 21.6 Å². The summed E-state index contributed by atoms with van der Waals surface area (Å²) in [7, 11) is 0. The van der Waals surface area contributed by atoms with E-state index in [1.54, 1.807) is 36.7 Å². The standard InChI is InChI=1S/C19H14N6O2S/c20-10-13-17(15-2-1-8-27-15)14(11-21)19(25-18(13)22)28-9-5-16(26)24-12-3-6-23-7-4-12/h1-4,6-8H,5,9H2,(H2,22,25)(H,23,24,26). The zero-order valence-electron chi connectivity index (χ0n) is 14.5. The van der Waals surface area contributed by atoms with Gasteiger partial charge in [-0.05, 0) is 24.3 Å². The van der Waals surface area contributed by atoms with E-state index in [2.05, 4.69) is 21.4 Å². The van der Waals surface area contributed by atoms with Crippen molar-refractivity contribution in [2.45, 2.75) is 11.4 Å². The molecule has 0 aliphatic heterocycles. The summed E-state index contributed by atoms with van der Waals surface area (Å²) >= 11 is 1.22. The van der Waals surface area contributed by atoms with Crippen LogP contribution in [0.15, 0.2) is 52.4 Å². The van der Waals surface area contributed by atoms with Gasteiger partial charge < -0.3 is 15.5 Å². The molecule has 1 amide bonds. The summed E-state index contributed by atoms with van der Waals surface area (Å²) in [5.74, 6) is 0.572. The highest BCUT2D eigenvalue weighted by Crippen LogP contribution is 2.35. The summed E-state index contributed by atoms with van der Waals surface area (Å²) in [5.41, 5.74) is 7.16. The second-order valence-electron chi connectivity index (χ2n) is 5.51. The molecule has 3 N–H and O–H groups in total. The Kier molecular flexibility index (Phi) is 5.90. The number of furan rings is 1. The van der Waals surface area contributed by atoms with E-state index in [-0.39, 0.29) is 29.3 Å². The summed E-state index contributed by atoms with van der Waals surface area (Å²) in [5, 5.41) is 22.2. The minimum absolute atomic E-state index is 0.0108. The highest BCUT2D eigenvalue weighted by atomic mass is 32.2. The number of carbonyl (C=O) groups excluding carboxylic acids is 1. The Bertz CT molecular complexity index is 1070. The van der Waals surface area contributed by atoms with Crippen molar-refractivity contribution in [3.05, 3.63) is 54.0 Å². The van der Waals surface area contributed by atoms with Crippen LogP contribution in [-0.2, 0) is 4.79 Å². The van der Waals surface area contributed by atoms with E-state index in [0.717, 1.165) is 0 Å². The van der Waals surface area contributed by atoms with E-state index >= 15 is 0 Å². The summed E-state index contributed by atoms with van der Waals surface area (Å²) < 4.78 is 5.36. The first-order chi connectivity index (χ1) is 13.6. The Hall–Kier alpha value is -3.82. The number of thioether (sulfide) groups is 1. The van der Waals surface area contributed by atoms with Gasteiger partial charge in [0, 0.05) is 30.3 Å². The molecule has 28 heavy (non-hydrogen) atoms. The van der Waals surface area contributed by atoms with Crippen LogP contribution in [0.5, 0.6) is 0 Å². The number of nitrogens with two attached hydrogens (primary N) is 1. The lowest BCUT2D eigenvalue weighted by molar-refractivity contribution is -0.115. The Labute approximate surface area is 165 Å². The van der Waals surface area contributed by atoms with Gasteiger partial charge in [-0.2, -0.15) is 10.5 Å². The van der Waals surface area contributed by atoms with Gasteiger partial charge in [-0.3, -0.25) is 9.78 Å². The minimum Gasteiger partial charge on any atom is -0.464 e. The maximum atomic E-state index is 12.1. The molecule has 0 aliphatic carbocycles. The van der Waals surface area contributed by atoms with E-state index in [1.807, 2.05) is 6.07 Å². The fourth-order valence-electron chi connectivity index (χ4n) is 2.47. The molecule has 0 aliphatic rings. The van der Waals surface area contributed by atoms with Gasteiger partial charge in [0.15, 0.2) is 0 Å². The first-order valence-electron chi connectivity index (χ1n) is 8.14. The van der Waals surface area contributed by atoms with Crippen LogP contribution < -0.4 is 11.1 Å². The molecule has 0 aromatic carbocycles. The molecule has 9 heteroatoms. The molecule has 3 aromatic rings. The number of nitriles is 2. The molecule has 0 saturated heterocycles. The first-order valence-corrected chi connectivity index (χ1v) is 9.12. The normalized spacial score (nSPS) is 10.1. The van der Waals surface area contributed by atoms with Crippen LogP contribution in [0.2, 0.25) is 0 Å². The zero-order valence-corrected chi connectivity index (χ0v) is 15.4. The maximum absolute atomic E-state index is 12.1. The summed E-state index contributed by atoms with van der Waals surface area (Å²) in [6.07, 6.45) is 4.83. The minimum atomic E-state index is -0.176. The summed E-state index contributed by atoms with van der Waals surface area (Å²) in [6.45, 7) is 0. The zero-order chi connectivity index (χ0) is 19.9. The third-order valence-electron chi connectivity index (χ3n) is 3.72. The van der Waals surface area contributed by atoms with Crippen molar-refractivity contribution < 1.29 is 9.21 Å². The monoisotopic (exact) mass is 390 g/mol.